The first kappa shape index (κ1) is 13.6. The van der Waals surface area contributed by atoms with Crippen molar-refractivity contribution in [1.29, 1.82) is 0 Å². The van der Waals surface area contributed by atoms with Gasteiger partial charge in [0.1, 0.15) is 0 Å². The SMILES string of the molecule is CN(Cc1ccccc1)[C@@H]1CCc2cc3ccccc3n2C1. The van der Waals surface area contributed by atoms with Crippen LogP contribution in [0.15, 0.2) is 60.7 Å². The normalized spacial score (nSPS) is 17.8. The first-order valence-corrected chi connectivity index (χ1v) is 8.12. The van der Waals surface area contributed by atoms with Gasteiger partial charge in [-0.05, 0) is 43.0 Å². The third-order valence-electron chi connectivity index (χ3n) is 4.92. The summed E-state index contributed by atoms with van der Waals surface area (Å²) < 4.78 is 2.52. The van der Waals surface area contributed by atoms with Gasteiger partial charge in [-0.1, -0.05) is 48.5 Å². The Morgan fingerprint density at radius 1 is 1.05 bits per heavy atom. The Morgan fingerprint density at radius 2 is 1.82 bits per heavy atom. The van der Waals surface area contributed by atoms with Crippen LogP contribution in [-0.4, -0.2) is 22.6 Å². The van der Waals surface area contributed by atoms with Gasteiger partial charge in [-0.15, -0.1) is 0 Å². The minimum Gasteiger partial charge on any atom is -0.343 e. The second kappa shape index (κ2) is 5.62. The maximum atomic E-state index is 2.52. The molecule has 22 heavy (non-hydrogen) atoms. The van der Waals surface area contributed by atoms with Gasteiger partial charge in [0.2, 0.25) is 0 Å². The second-order valence-corrected chi connectivity index (χ2v) is 6.40. The molecule has 0 aliphatic carbocycles. The highest BCUT2D eigenvalue weighted by atomic mass is 15.2. The van der Waals surface area contributed by atoms with E-state index in [1.807, 2.05) is 0 Å². The molecule has 1 aliphatic rings. The minimum atomic E-state index is 0.614. The molecule has 3 aromatic rings. The molecule has 0 N–H and O–H groups in total. The van der Waals surface area contributed by atoms with Crippen molar-refractivity contribution in [3.63, 3.8) is 0 Å². The number of fused-ring (bicyclic) bond motifs is 3. The number of aryl methyl sites for hydroxylation is 1. The van der Waals surface area contributed by atoms with Crippen LogP contribution < -0.4 is 0 Å². The van der Waals surface area contributed by atoms with E-state index >= 15 is 0 Å². The Bertz CT molecular complexity index is 773. The fourth-order valence-electron chi connectivity index (χ4n) is 3.67. The Labute approximate surface area is 132 Å². The van der Waals surface area contributed by atoms with E-state index < -0.39 is 0 Å². The van der Waals surface area contributed by atoms with Crippen LogP contribution in [0.25, 0.3) is 10.9 Å². The van der Waals surface area contributed by atoms with Crippen LogP contribution in [-0.2, 0) is 19.5 Å². The Morgan fingerprint density at radius 3 is 2.68 bits per heavy atom. The van der Waals surface area contributed by atoms with E-state index in [1.54, 1.807) is 0 Å². The number of benzene rings is 2. The van der Waals surface area contributed by atoms with Crippen molar-refractivity contribution < 1.29 is 0 Å². The number of hydrogen-bond acceptors (Lipinski definition) is 1. The smallest absolute Gasteiger partial charge is 0.0483 e. The largest absolute Gasteiger partial charge is 0.343 e. The van der Waals surface area contributed by atoms with E-state index in [4.69, 9.17) is 0 Å². The predicted molar refractivity (Wildman–Crippen MR) is 92.0 cm³/mol. The Hall–Kier alpha value is -2.06. The molecule has 1 aromatic heterocycles. The molecular formula is C20H22N2. The van der Waals surface area contributed by atoms with Crippen molar-refractivity contribution in [2.24, 2.45) is 0 Å². The van der Waals surface area contributed by atoms with Gasteiger partial charge in [-0.25, -0.2) is 0 Å². The molecular weight excluding hydrogens is 268 g/mol. The molecule has 2 heterocycles. The molecule has 0 fully saturated rings. The van der Waals surface area contributed by atoms with Gasteiger partial charge in [-0.3, -0.25) is 4.90 Å². The maximum absolute atomic E-state index is 2.52. The van der Waals surface area contributed by atoms with Crippen LogP contribution in [0.3, 0.4) is 0 Å². The van der Waals surface area contributed by atoms with Gasteiger partial charge in [0.05, 0.1) is 0 Å². The highest BCUT2D eigenvalue weighted by Crippen LogP contribution is 2.27. The highest BCUT2D eigenvalue weighted by Gasteiger charge is 2.23. The van der Waals surface area contributed by atoms with Crippen LogP contribution in [0, 0.1) is 0 Å². The van der Waals surface area contributed by atoms with E-state index in [9.17, 15) is 0 Å². The molecule has 0 saturated heterocycles. The summed E-state index contributed by atoms with van der Waals surface area (Å²) in [5.41, 5.74) is 4.27. The molecule has 0 saturated carbocycles. The molecule has 4 rings (SSSR count). The average Bonchev–Trinajstić information content (AvgIpc) is 2.93. The molecule has 0 amide bonds. The Kier molecular flexibility index (Phi) is 3.47. The van der Waals surface area contributed by atoms with Gasteiger partial charge in [0, 0.05) is 30.3 Å². The number of aromatic nitrogens is 1. The van der Waals surface area contributed by atoms with Gasteiger partial charge >= 0.3 is 0 Å². The molecule has 1 aliphatic heterocycles. The van der Waals surface area contributed by atoms with Crippen molar-refractivity contribution in [2.45, 2.75) is 32.0 Å². The van der Waals surface area contributed by atoms with E-state index in [-0.39, 0.29) is 0 Å². The summed E-state index contributed by atoms with van der Waals surface area (Å²) in [4.78, 5) is 2.51. The lowest BCUT2D eigenvalue weighted by Crippen LogP contribution is -2.38. The van der Waals surface area contributed by atoms with Crippen molar-refractivity contribution in [1.82, 2.24) is 9.47 Å². The fraction of sp³-hybridized carbons (Fsp3) is 0.300. The lowest BCUT2D eigenvalue weighted by molar-refractivity contribution is 0.188. The number of likely N-dealkylation sites (N-methyl/N-ethyl adjacent to an activating group) is 1. The molecule has 1 atom stereocenters. The van der Waals surface area contributed by atoms with E-state index in [0.29, 0.717) is 6.04 Å². The van der Waals surface area contributed by atoms with Crippen LogP contribution in [0.5, 0.6) is 0 Å². The average molecular weight is 290 g/mol. The zero-order valence-electron chi connectivity index (χ0n) is 13.1. The molecule has 0 radical (unpaired) electrons. The van der Waals surface area contributed by atoms with Crippen LogP contribution in [0.4, 0.5) is 0 Å². The first-order valence-electron chi connectivity index (χ1n) is 8.12. The zero-order chi connectivity index (χ0) is 14.9. The summed E-state index contributed by atoms with van der Waals surface area (Å²) in [5, 5.41) is 1.38. The van der Waals surface area contributed by atoms with Crippen LogP contribution in [0.1, 0.15) is 17.7 Å². The monoisotopic (exact) mass is 290 g/mol. The summed E-state index contributed by atoms with van der Waals surface area (Å²) in [6.45, 7) is 2.13. The summed E-state index contributed by atoms with van der Waals surface area (Å²) in [6, 6.07) is 22.5. The minimum absolute atomic E-state index is 0.614. The van der Waals surface area contributed by atoms with Gasteiger partial charge < -0.3 is 4.57 Å². The summed E-state index contributed by atoms with van der Waals surface area (Å²) in [6.07, 6.45) is 2.43. The lowest BCUT2D eigenvalue weighted by atomic mass is 10.0. The van der Waals surface area contributed by atoms with Crippen LogP contribution >= 0.6 is 0 Å². The predicted octanol–water partition coefficient (Wildman–Crippen LogP) is 4.09. The third-order valence-corrected chi connectivity index (χ3v) is 4.92. The quantitative estimate of drug-likeness (QED) is 0.705. The van der Waals surface area contributed by atoms with Crippen LogP contribution in [0.2, 0.25) is 0 Å². The summed E-state index contributed by atoms with van der Waals surface area (Å²) in [7, 11) is 2.26. The lowest BCUT2D eigenvalue weighted by Gasteiger charge is -2.33. The number of para-hydroxylation sites is 1. The third kappa shape index (κ3) is 2.44. The first-order chi connectivity index (χ1) is 10.8. The molecule has 2 nitrogen and oxygen atoms in total. The van der Waals surface area contributed by atoms with Gasteiger partial charge in [0.25, 0.3) is 0 Å². The van der Waals surface area contributed by atoms with E-state index in [2.05, 4.69) is 77.2 Å². The molecule has 2 aromatic carbocycles. The van der Waals surface area contributed by atoms with Crippen molar-refractivity contribution in [3.05, 3.63) is 71.9 Å². The van der Waals surface area contributed by atoms with Crippen molar-refractivity contribution in [2.75, 3.05) is 7.05 Å². The van der Waals surface area contributed by atoms with E-state index in [0.717, 1.165) is 13.1 Å². The number of hydrogen-bond donors (Lipinski definition) is 0. The second-order valence-electron chi connectivity index (χ2n) is 6.40. The molecule has 0 bridgehead atoms. The van der Waals surface area contributed by atoms with Crippen molar-refractivity contribution >= 4 is 10.9 Å². The maximum Gasteiger partial charge on any atom is 0.0483 e. The Balaban J connectivity index is 1.56. The molecule has 0 spiro atoms. The molecule has 0 unspecified atom stereocenters. The summed E-state index contributed by atoms with van der Waals surface area (Å²) >= 11 is 0. The fourth-order valence-corrected chi connectivity index (χ4v) is 3.67. The van der Waals surface area contributed by atoms with E-state index in [1.165, 1.54) is 35.0 Å². The highest BCUT2D eigenvalue weighted by molar-refractivity contribution is 5.81. The topological polar surface area (TPSA) is 8.17 Å². The molecule has 112 valence electrons. The van der Waals surface area contributed by atoms with Gasteiger partial charge in [0.15, 0.2) is 0 Å². The number of nitrogens with zero attached hydrogens (tertiary/aromatic N) is 2. The zero-order valence-corrected chi connectivity index (χ0v) is 13.1. The van der Waals surface area contributed by atoms with Gasteiger partial charge in [-0.2, -0.15) is 0 Å². The standard InChI is InChI=1S/C20H22N2/c1-21(14-16-7-3-2-4-8-16)19-12-11-18-13-17-9-5-6-10-20(17)22(18)15-19/h2-10,13,19H,11-12,14-15H2,1H3/t19-/m1/s1. The number of rotatable bonds is 3. The summed E-state index contributed by atoms with van der Waals surface area (Å²) in [5.74, 6) is 0. The van der Waals surface area contributed by atoms with Crippen molar-refractivity contribution in [3.8, 4) is 0 Å². The molecule has 2 heteroatoms.